The molecule has 0 radical (unpaired) electrons. The van der Waals surface area contributed by atoms with Gasteiger partial charge < -0.3 is 14.7 Å². The number of amides is 1. The Hall–Kier alpha value is -2.33. The molecule has 0 aliphatic heterocycles. The first-order chi connectivity index (χ1) is 12.7. The molecule has 4 aromatic rings. The highest BCUT2D eigenvalue weighted by molar-refractivity contribution is 14.1. The normalized spacial score (nSPS) is 11.0. The number of nitrogens with one attached hydrogen (secondary N) is 2. The van der Waals surface area contributed by atoms with Gasteiger partial charge in [0.2, 0.25) is 5.91 Å². The summed E-state index contributed by atoms with van der Waals surface area (Å²) in [6.45, 7) is 0. The van der Waals surface area contributed by atoms with Gasteiger partial charge in [-0.1, -0.05) is 42.1 Å². The van der Waals surface area contributed by atoms with E-state index in [1.165, 1.54) is 11.8 Å². The fourth-order valence-corrected chi connectivity index (χ4v) is 3.59. The van der Waals surface area contributed by atoms with Crippen LogP contribution < -0.4 is 5.32 Å². The van der Waals surface area contributed by atoms with E-state index in [1.807, 2.05) is 54.7 Å². The second-order valence-electron chi connectivity index (χ2n) is 5.44. The second kappa shape index (κ2) is 7.50. The van der Waals surface area contributed by atoms with Crippen molar-refractivity contribution >= 4 is 56.9 Å². The van der Waals surface area contributed by atoms with Gasteiger partial charge in [0.15, 0.2) is 0 Å². The van der Waals surface area contributed by atoms with Crippen LogP contribution in [0.25, 0.3) is 22.4 Å². The van der Waals surface area contributed by atoms with Gasteiger partial charge in [-0.15, -0.1) is 10.2 Å². The smallest absolute Gasteiger partial charge is 0.277 e. The fraction of sp³-hybridized carbons (Fsp3) is 0.0556. The van der Waals surface area contributed by atoms with Gasteiger partial charge in [-0.25, -0.2) is 0 Å². The average Bonchev–Trinajstić information content (AvgIpc) is 3.28. The molecule has 130 valence electrons. The Bertz CT molecular complexity index is 1080. The van der Waals surface area contributed by atoms with E-state index in [-0.39, 0.29) is 11.7 Å². The van der Waals surface area contributed by atoms with Gasteiger partial charge in [0.05, 0.1) is 17.0 Å². The van der Waals surface area contributed by atoms with Crippen LogP contribution in [0.1, 0.15) is 0 Å². The number of anilines is 1. The maximum atomic E-state index is 12.1. The van der Waals surface area contributed by atoms with Crippen molar-refractivity contribution in [3.8, 4) is 11.5 Å². The summed E-state index contributed by atoms with van der Waals surface area (Å²) in [6, 6.07) is 15.5. The molecule has 6 nitrogen and oxygen atoms in total. The van der Waals surface area contributed by atoms with Gasteiger partial charge in [0.25, 0.3) is 11.1 Å². The predicted octanol–water partition coefficient (Wildman–Crippen LogP) is 4.55. The molecule has 4 rings (SSSR count). The number of hydrogen-bond acceptors (Lipinski definition) is 5. The van der Waals surface area contributed by atoms with Crippen LogP contribution in [0.5, 0.6) is 0 Å². The molecule has 2 aromatic carbocycles. The van der Waals surface area contributed by atoms with Crippen LogP contribution in [0.3, 0.4) is 0 Å². The number of hydrogen-bond donors (Lipinski definition) is 2. The SMILES string of the molecule is O=C(CSc1nnc(-c2c[nH]c3ccccc23)o1)Nc1ccccc1I. The standard InChI is InChI=1S/C18H13IN4O2S/c19-13-6-2-4-8-15(13)21-16(24)10-26-18-23-22-17(25-18)12-9-20-14-7-3-1-5-11(12)14/h1-9,20H,10H2,(H,21,24). The Balaban J connectivity index is 1.42. The number of aromatic nitrogens is 3. The van der Waals surface area contributed by atoms with Crippen molar-refractivity contribution in [2.24, 2.45) is 0 Å². The summed E-state index contributed by atoms with van der Waals surface area (Å²) in [7, 11) is 0. The Kier molecular flexibility index (Phi) is 4.93. The van der Waals surface area contributed by atoms with E-state index in [2.05, 4.69) is 43.1 Å². The van der Waals surface area contributed by atoms with Crippen molar-refractivity contribution in [1.29, 1.82) is 0 Å². The summed E-state index contributed by atoms with van der Waals surface area (Å²) >= 11 is 3.40. The molecule has 0 saturated carbocycles. The third kappa shape index (κ3) is 3.61. The number of carbonyl (C=O) groups is 1. The lowest BCUT2D eigenvalue weighted by Crippen LogP contribution is -2.14. The molecule has 2 heterocycles. The lowest BCUT2D eigenvalue weighted by molar-refractivity contribution is -0.113. The molecule has 8 heteroatoms. The number of para-hydroxylation sites is 2. The third-order valence-corrected chi connectivity index (χ3v) is 5.46. The summed E-state index contributed by atoms with van der Waals surface area (Å²) in [5, 5.41) is 12.4. The Morgan fingerprint density at radius 2 is 1.96 bits per heavy atom. The largest absolute Gasteiger partial charge is 0.411 e. The quantitative estimate of drug-likeness (QED) is 0.326. The summed E-state index contributed by atoms with van der Waals surface area (Å²) in [5.74, 6) is 0.509. The van der Waals surface area contributed by atoms with E-state index >= 15 is 0 Å². The summed E-state index contributed by atoms with van der Waals surface area (Å²) in [5.41, 5.74) is 2.65. The highest BCUT2D eigenvalue weighted by atomic mass is 127. The first-order valence-corrected chi connectivity index (χ1v) is 9.84. The van der Waals surface area contributed by atoms with E-state index in [1.54, 1.807) is 0 Å². The number of rotatable bonds is 5. The summed E-state index contributed by atoms with van der Waals surface area (Å²) in [4.78, 5) is 15.3. The molecular formula is C18H13IN4O2S. The fourth-order valence-electron chi connectivity index (χ4n) is 2.50. The van der Waals surface area contributed by atoms with Gasteiger partial charge in [-0.3, -0.25) is 4.79 Å². The third-order valence-electron chi connectivity index (χ3n) is 3.70. The first kappa shape index (κ1) is 17.1. The maximum Gasteiger partial charge on any atom is 0.277 e. The van der Waals surface area contributed by atoms with Gasteiger partial charge in [0, 0.05) is 20.7 Å². The van der Waals surface area contributed by atoms with Crippen molar-refractivity contribution < 1.29 is 9.21 Å². The number of benzene rings is 2. The highest BCUT2D eigenvalue weighted by Gasteiger charge is 2.14. The van der Waals surface area contributed by atoms with E-state index < -0.39 is 0 Å². The molecule has 0 spiro atoms. The molecule has 0 unspecified atom stereocenters. The number of aromatic amines is 1. The number of fused-ring (bicyclic) bond motifs is 1. The Labute approximate surface area is 166 Å². The van der Waals surface area contributed by atoms with Crippen LogP contribution in [0, 0.1) is 3.57 Å². The monoisotopic (exact) mass is 476 g/mol. The van der Waals surface area contributed by atoms with Crippen LogP contribution in [0.15, 0.2) is 64.4 Å². The van der Waals surface area contributed by atoms with E-state index in [0.717, 1.165) is 25.7 Å². The minimum atomic E-state index is -0.119. The van der Waals surface area contributed by atoms with Crippen LogP contribution in [-0.2, 0) is 4.79 Å². The number of nitrogens with zero attached hydrogens (tertiary/aromatic N) is 2. The first-order valence-electron chi connectivity index (χ1n) is 7.78. The Morgan fingerprint density at radius 3 is 2.85 bits per heavy atom. The number of carbonyl (C=O) groups excluding carboxylic acids is 1. The molecule has 26 heavy (non-hydrogen) atoms. The molecule has 0 aliphatic rings. The number of thioether (sulfide) groups is 1. The second-order valence-corrected chi connectivity index (χ2v) is 7.53. The Morgan fingerprint density at radius 1 is 1.15 bits per heavy atom. The zero-order chi connectivity index (χ0) is 17.9. The number of H-pyrrole nitrogens is 1. The molecule has 2 aromatic heterocycles. The number of halogens is 1. The summed E-state index contributed by atoms with van der Waals surface area (Å²) < 4.78 is 6.69. The molecule has 0 fully saturated rings. The van der Waals surface area contributed by atoms with Crippen LogP contribution in [0.4, 0.5) is 5.69 Å². The molecule has 2 N–H and O–H groups in total. The highest BCUT2D eigenvalue weighted by Crippen LogP contribution is 2.29. The van der Waals surface area contributed by atoms with E-state index in [0.29, 0.717) is 11.1 Å². The molecule has 0 saturated heterocycles. The molecule has 1 amide bonds. The van der Waals surface area contributed by atoms with Crippen molar-refractivity contribution in [2.75, 3.05) is 11.1 Å². The zero-order valence-electron chi connectivity index (χ0n) is 13.4. The zero-order valence-corrected chi connectivity index (χ0v) is 16.4. The maximum absolute atomic E-state index is 12.1. The van der Waals surface area contributed by atoms with Crippen molar-refractivity contribution in [3.63, 3.8) is 0 Å². The topological polar surface area (TPSA) is 83.8 Å². The molecular weight excluding hydrogens is 463 g/mol. The molecule has 0 aliphatic carbocycles. The van der Waals surface area contributed by atoms with E-state index in [9.17, 15) is 4.79 Å². The van der Waals surface area contributed by atoms with Gasteiger partial charge >= 0.3 is 0 Å². The molecule has 0 atom stereocenters. The minimum Gasteiger partial charge on any atom is -0.411 e. The van der Waals surface area contributed by atoms with Gasteiger partial charge in [-0.05, 0) is 40.8 Å². The lowest BCUT2D eigenvalue weighted by Gasteiger charge is -2.05. The molecule has 0 bridgehead atoms. The van der Waals surface area contributed by atoms with Crippen molar-refractivity contribution in [3.05, 3.63) is 58.3 Å². The average molecular weight is 476 g/mol. The minimum absolute atomic E-state index is 0.119. The van der Waals surface area contributed by atoms with Crippen molar-refractivity contribution in [1.82, 2.24) is 15.2 Å². The van der Waals surface area contributed by atoms with Crippen LogP contribution in [0.2, 0.25) is 0 Å². The van der Waals surface area contributed by atoms with Crippen LogP contribution >= 0.6 is 34.4 Å². The van der Waals surface area contributed by atoms with Crippen molar-refractivity contribution in [2.45, 2.75) is 5.22 Å². The predicted molar refractivity (Wildman–Crippen MR) is 110 cm³/mol. The van der Waals surface area contributed by atoms with Gasteiger partial charge in [0.1, 0.15) is 0 Å². The lowest BCUT2D eigenvalue weighted by atomic mass is 10.2. The van der Waals surface area contributed by atoms with E-state index in [4.69, 9.17) is 4.42 Å². The summed E-state index contributed by atoms with van der Waals surface area (Å²) in [6.07, 6.45) is 1.84. The van der Waals surface area contributed by atoms with Crippen LogP contribution in [-0.4, -0.2) is 26.8 Å². The van der Waals surface area contributed by atoms with Gasteiger partial charge in [-0.2, -0.15) is 0 Å².